The third-order valence-electron chi connectivity index (χ3n) is 4.50. The first kappa shape index (κ1) is 22.1. The van der Waals surface area contributed by atoms with Gasteiger partial charge in [0.05, 0.1) is 5.69 Å². The monoisotopic (exact) mass is 442 g/mol. The van der Waals surface area contributed by atoms with E-state index in [9.17, 15) is 17.6 Å². The predicted molar refractivity (Wildman–Crippen MR) is 124 cm³/mol. The van der Waals surface area contributed by atoms with Gasteiger partial charge in [0.15, 0.2) is 0 Å². The van der Waals surface area contributed by atoms with Crippen LogP contribution in [0.2, 0.25) is 0 Å². The maximum absolute atomic E-state index is 13.3. The van der Waals surface area contributed by atoms with Crippen molar-refractivity contribution < 1.29 is 12.8 Å². The summed E-state index contributed by atoms with van der Waals surface area (Å²) in [4.78, 5) is 12.3. The van der Waals surface area contributed by atoms with Crippen LogP contribution in [0.15, 0.2) is 71.0 Å². The van der Waals surface area contributed by atoms with Gasteiger partial charge in [0.25, 0.3) is 15.6 Å². The molecule has 0 aliphatic heterocycles. The minimum atomic E-state index is -3.74. The highest BCUT2D eigenvalue weighted by molar-refractivity contribution is 7.95. The highest BCUT2D eigenvalue weighted by Gasteiger charge is 2.17. The molecular formula is C22H23FN4O3S. The van der Waals surface area contributed by atoms with Crippen LogP contribution in [-0.2, 0) is 17.1 Å². The van der Waals surface area contributed by atoms with Gasteiger partial charge in [-0.2, -0.15) is 0 Å². The van der Waals surface area contributed by atoms with Crippen molar-refractivity contribution in [2.75, 3.05) is 22.4 Å². The Morgan fingerprint density at radius 2 is 1.71 bits per heavy atom. The van der Waals surface area contributed by atoms with Gasteiger partial charge in [0.1, 0.15) is 11.5 Å². The lowest BCUT2D eigenvalue weighted by atomic mass is 10.0. The molecule has 3 aromatic rings. The maximum atomic E-state index is 13.3. The molecule has 3 rings (SSSR count). The Kier molecular flexibility index (Phi) is 6.45. The SMILES string of the molecule is C/C=C/S(=O)(=O)Nc1cccc(Nc2ccc(F)cc2)c1-c1cc(NC)c(=O)n(C)c1. The van der Waals surface area contributed by atoms with Crippen LogP contribution in [0.5, 0.6) is 0 Å². The summed E-state index contributed by atoms with van der Waals surface area (Å²) in [5.74, 6) is -0.365. The van der Waals surface area contributed by atoms with Crippen LogP contribution in [0, 0.1) is 5.82 Å². The van der Waals surface area contributed by atoms with E-state index in [2.05, 4.69) is 15.4 Å². The summed E-state index contributed by atoms with van der Waals surface area (Å²) in [6, 6.07) is 12.6. The minimum absolute atomic E-state index is 0.216. The van der Waals surface area contributed by atoms with E-state index in [1.807, 2.05) is 0 Å². The number of hydrogen-bond donors (Lipinski definition) is 3. The van der Waals surface area contributed by atoms with Gasteiger partial charge in [0, 0.05) is 48.2 Å². The number of aryl methyl sites for hydroxylation is 1. The molecule has 0 fully saturated rings. The summed E-state index contributed by atoms with van der Waals surface area (Å²) >= 11 is 0. The van der Waals surface area contributed by atoms with Gasteiger partial charge >= 0.3 is 0 Å². The Labute approximate surface area is 180 Å². The number of hydrogen-bond acceptors (Lipinski definition) is 5. The van der Waals surface area contributed by atoms with Crippen molar-refractivity contribution in [3.8, 4) is 11.1 Å². The van der Waals surface area contributed by atoms with Crippen LogP contribution in [0.1, 0.15) is 6.92 Å². The van der Waals surface area contributed by atoms with E-state index in [4.69, 9.17) is 0 Å². The number of sulfonamides is 1. The molecule has 0 unspecified atom stereocenters. The van der Waals surface area contributed by atoms with E-state index in [1.54, 1.807) is 63.6 Å². The first-order valence-electron chi connectivity index (χ1n) is 9.44. The first-order valence-corrected chi connectivity index (χ1v) is 11.0. The molecule has 1 heterocycles. The van der Waals surface area contributed by atoms with Crippen LogP contribution in [-0.4, -0.2) is 20.0 Å². The largest absolute Gasteiger partial charge is 0.384 e. The van der Waals surface area contributed by atoms with E-state index in [0.29, 0.717) is 33.9 Å². The summed E-state index contributed by atoms with van der Waals surface area (Å²) in [6.45, 7) is 1.61. The summed E-state index contributed by atoms with van der Waals surface area (Å²) in [7, 11) is -0.481. The van der Waals surface area contributed by atoms with Gasteiger partial charge in [-0.05, 0) is 49.4 Å². The van der Waals surface area contributed by atoms with Crippen molar-refractivity contribution >= 4 is 32.8 Å². The van der Waals surface area contributed by atoms with E-state index in [-0.39, 0.29) is 11.4 Å². The van der Waals surface area contributed by atoms with Crippen LogP contribution < -0.4 is 20.9 Å². The zero-order valence-electron chi connectivity index (χ0n) is 17.3. The predicted octanol–water partition coefficient (Wildman–Crippen LogP) is 4.25. The molecule has 0 aliphatic rings. The number of pyridine rings is 1. The van der Waals surface area contributed by atoms with Crippen LogP contribution in [0.4, 0.5) is 27.1 Å². The number of anilines is 4. The number of allylic oxidation sites excluding steroid dienone is 1. The Balaban J connectivity index is 2.22. The van der Waals surface area contributed by atoms with Gasteiger partial charge in [0.2, 0.25) is 0 Å². The molecule has 0 aliphatic carbocycles. The Hall–Kier alpha value is -3.59. The number of nitrogens with one attached hydrogen (secondary N) is 3. The average Bonchev–Trinajstić information content (AvgIpc) is 2.71. The smallest absolute Gasteiger partial charge is 0.273 e. The van der Waals surface area contributed by atoms with Crippen molar-refractivity contribution in [2.45, 2.75) is 6.92 Å². The van der Waals surface area contributed by atoms with E-state index in [1.165, 1.54) is 22.8 Å². The van der Waals surface area contributed by atoms with Crippen LogP contribution >= 0.6 is 0 Å². The molecule has 9 heteroatoms. The fraction of sp³-hybridized carbons (Fsp3) is 0.136. The van der Waals surface area contributed by atoms with Gasteiger partial charge in [-0.15, -0.1) is 0 Å². The summed E-state index contributed by atoms with van der Waals surface area (Å²) in [6.07, 6.45) is 3.05. The Bertz CT molecular complexity index is 1280. The zero-order valence-corrected chi connectivity index (χ0v) is 18.1. The normalized spacial score (nSPS) is 11.5. The van der Waals surface area contributed by atoms with Crippen LogP contribution in [0.3, 0.4) is 0 Å². The van der Waals surface area contributed by atoms with Gasteiger partial charge in [-0.25, -0.2) is 12.8 Å². The standard InChI is InChI=1S/C22H23FN4O3S/c1-4-12-31(29,30)26-19-7-5-6-18(25-17-10-8-16(23)9-11-17)21(19)15-13-20(24-2)22(28)27(3)14-15/h4-14,24-26H,1-3H3/b12-4+. The number of aromatic nitrogens is 1. The van der Waals surface area contributed by atoms with E-state index >= 15 is 0 Å². The first-order chi connectivity index (χ1) is 14.7. The van der Waals surface area contributed by atoms with Crippen molar-refractivity contribution in [1.29, 1.82) is 0 Å². The third kappa shape index (κ3) is 5.13. The van der Waals surface area contributed by atoms with Gasteiger partial charge in [-0.1, -0.05) is 12.1 Å². The van der Waals surface area contributed by atoms with Gasteiger partial charge < -0.3 is 15.2 Å². The topological polar surface area (TPSA) is 92.2 Å². The van der Waals surface area contributed by atoms with Crippen molar-refractivity contribution in [3.05, 3.63) is 82.4 Å². The highest BCUT2D eigenvalue weighted by Crippen LogP contribution is 2.37. The molecular weight excluding hydrogens is 419 g/mol. The molecule has 0 radical (unpaired) electrons. The molecule has 0 amide bonds. The molecule has 31 heavy (non-hydrogen) atoms. The number of halogens is 1. The van der Waals surface area contributed by atoms with Crippen molar-refractivity contribution in [2.24, 2.45) is 7.05 Å². The molecule has 0 saturated carbocycles. The minimum Gasteiger partial charge on any atom is -0.384 e. The lowest BCUT2D eigenvalue weighted by Gasteiger charge is -2.18. The molecule has 2 aromatic carbocycles. The van der Waals surface area contributed by atoms with E-state index < -0.39 is 10.0 Å². The molecule has 3 N–H and O–H groups in total. The molecule has 0 spiro atoms. The third-order valence-corrected chi connectivity index (χ3v) is 5.63. The summed E-state index contributed by atoms with van der Waals surface area (Å²) < 4.78 is 42.1. The molecule has 0 atom stereocenters. The maximum Gasteiger partial charge on any atom is 0.273 e. The second-order valence-electron chi connectivity index (χ2n) is 6.79. The average molecular weight is 443 g/mol. The second kappa shape index (κ2) is 9.05. The fourth-order valence-corrected chi connectivity index (χ4v) is 4.04. The number of rotatable bonds is 7. The lowest BCUT2D eigenvalue weighted by Crippen LogP contribution is -2.19. The second-order valence-corrected chi connectivity index (χ2v) is 8.35. The zero-order chi connectivity index (χ0) is 22.6. The lowest BCUT2D eigenvalue weighted by molar-refractivity contribution is 0.609. The van der Waals surface area contributed by atoms with Crippen molar-refractivity contribution in [1.82, 2.24) is 4.57 Å². The molecule has 1 aromatic heterocycles. The molecule has 7 nitrogen and oxygen atoms in total. The number of benzene rings is 2. The Morgan fingerprint density at radius 1 is 1.03 bits per heavy atom. The summed E-state index contributed by atoms with van der Waals surface area (Å²) in [5, 5.41) is 7.13. The van der Waals surface area contributed by atoms with Crippen molar-refractivity contribution in [3.63, 3.8) is 0 Å². The quantitative estimate of drug-likeness (QED) is 0.509. The summed E-state index contributed by atoms with van der Waals surface area (Å²) in [5.41, 5.74) is 2.81. The fourth-order valence-electron chi connectivity index (χ4n) is 3.14. The number of nitrogens with zero attached hydrogens (tertiary/aromatic N) is 1. The Morgan fingerprint density at radius 3 is 2.35 bits per heavy atom. The highest BCUT2D eigenvalue weighted by atomic mass is 32.2. The van der Waals surface area contributed by atoms with Crippen LogP contribution in [0.25, 0.3) is 11.1 Å². The molecule has 0 saturated heterocycles. The molecule has 162 valence electrons. The van der Waals surface area contributed by atoms with E-state index in [0.717, 1.165) is 5.41 Å². The molecule has 0 bridgehead atoms. The van der Waals surface area contributed by atoms with Gasteiger partial charge in [-0.3, -0.25) is 9.52 Å².